The van der Waals surface area contributed by atoms with Gasteiger partial charge in [0.15, 0.2) is 10.7 Å². The molecular formula is C17H20N4O2S. The molecule has 1 saturated heterocycles. The van der Waals surface area contributed by atoms with Gasteiger partial charge in [0.2, 0.25) is 0 Å². The van der Waals surface area contributed by atoms with E-state index >= 15 is 0 Å². The second kappa shape index (κ2) is 6.41. The molecule has 126 valence electrons. The zero-order valence-corrected chi connectivity index (χ0v) is 14.4. The van der Waals surface area contributed by atoms with Crippen LogP contribution in [0.4, 0.5) is 5.13 Å². The van der Waals surface area contributed by atoms with Crippen LogP contribution in [0.25, 0.3) is 11.1 Å². The molecule has 6 nitrogen and oxygen atoms in total. The third-order valence-corrected chi connectivity index (χ3v) is 5.66. The van der Waals surface area contributed by atoms with Gasteiger partial charge in [0, 0.05) is 49.4 Å². The number of thiazole rings is 1. The molecular weight excluding hydrogens is 324 g/mol. The molecule has 0 aliphatic carbocycles. The van der Waals surface area contributed by atoms with Crippen LogP contribution >= 0.6 is 11.3 Å². The number of rotatable bonds is 4. The van der Waals surface area contributed by atoms with Crippen LogP contribution in [-0.4, -0.2) is 41.0 Å². The first kappa shape index (κ1) is 15.4. The second-order valence-corrected chi connectivity index (χ2v) is 7.13. The average Bonchev–Trinajstić information content (AvgIpc) is 3.22. The average molecular weight is 344 g/mol. The fourth-order valence-electron chi connectivity index (χ4n) is 3.10. The third kappa shape index (κ3) is 2.97. The number of benzene rings is 1. The van der Waals surface area contributed by atoms with Crippen molar-refractivity contribution < 1.29 is 4.42 Å². The van der Waals surface area contributed by atoms with Crippen molar-refractivity contribution in [2.45, 2.75) is 19.9 Å². The van der Waals surface area contributed by atoms with E-state index in [0.717, 1.165) is 55.4 Å². The Balaban J connectivity index is 1.43. The molecule has 1 aliphatic heterocycles. The van der Waals surface area contributed by atoms with Gasteiger partial charge in [-0.2, -0.15) is 0 Å². The molecule has 7 heteroatoms. The first-order valence-electron chi connectivity index (χ1n) is 8.25. The molecule has 0 bridgehead atoms. The number of hydrogen-bond acceptors (Lipinski definition) is 6. The lowest BCUT2D eigenvalue weighted by Gasteiger charge is -2.34. The highest BCUT2D eigenvalue weighted by atomic mass is 32.1. The monoisotopic (exact) mass is 344 g/mol. The number of piperazine rings is 1. The minimum atomic E-state index is -0.391. The molecule has 1 aromatic carbocycles. The quantitative estimate of drug-likeness (QED) is 0.788. The number of fused-ring (bicyclic) bond motifs is 1. The number of H-pyrrole nitrogens is 1. The number of para-hydroxylation sites is 1. The standard InChI is InChI=1S/C17H20N4O2S/c1-2-13-10-18-16(24-13)21-8-6-20(7-9-21)11-12-4-3-5-14-15(12)23-17(22)19-14/h3-5,10H,2,6-9,11H2,1H3,(H,19,22). The first-order valence-corrected chi connectivity index (χ1v) is 9.07. The van der Waals surface area contributed by atoms with Crippen molar-refractivity contribution in [2.24, 2.45) is 0 Å². The van der Waals surface area contributed by atoms with Gasteiger partial charge in [0.1, 0.15) is 0 Å². The second-order valence-electron chi connectivity index (χ2n) is 6.03. The van der Waals surface area contributed by atoms with E-state index in [1.807, 2.05) is 24.4 Å². The highest BCUT2D eigenvalue weighted by Gasteiger charge is 2.20. The topological polar surface area (TPSA) is 65.4 Å². The van der Waals surface area contributed by atoms with Crippen molar-refractivity contribution in [3.05, 3.63) is 45.4 Å². The van der Waals surface area contributed by atoms with Crippen LogP contribution in [0.1, 0.15) is 17.4 Å². The molecule has 24 heavy (non-hydrogen) atoms. The molecule has 0 radical (unpaired) electrons. The Morgan fingerprint density at radius 2 is 2.12 bits per heavy atom. The Hall–Kier alpha value is -2.12. The van der Waals surface area contributed by atoms with Crippen molar-refractivity contribution in [1.29, 1.82) is 0 Å². The van der Waals surface area contributed by atoms with Gasteiger partial charge >= 0.3 is 5.76 Å². The molecule has 0 spiro atoms. The summed E-state index contributed by atoms with van der Waals surface area (Å²) in [6.07, 6.45) is 3.03. The van der Waals surface area contributed by atoms with Crippen molar-refractivity contribution in [3.8, 4) is 0 Å². The first-order chi connectivity index (χ1) is 11.7. The van der Waals surface area contributed by atoms with Crippen molar-refractivity contribution in [1.82, 2.24) is 14.9 Å². The van der Waals surface area contributed by atoms with Gasteiger partial charge in [-0.15, -0.1) is 11.3 Å². The molecule has 0 amide bonds. The highest BCUT2D eigenvalue weighted by molar-refractivity contribution is 7.15. The van der Waals surface area contributed by atoms with Gasteiger partial charge in [0.05, 0.1) is 5.52 Å². The minimum Gasteiger partial charge on any atom is -0.408 e. The molecule has 1 fully saturated rings. The molecule has 4 rings (SSSR count). The third-order valence-electron chi connectivity index (χ3n) is 4.45. The summed E-state index contributed by atoms with van der Waals surface area (Å²) in [4.78, 5) is 24.8. The largest absolute Gasteiger partial charge is 0.417 e. The zero-order valence-electron chi connectivity index (χ0n) is 13.6. The molecule has 3 aromatic rings. The molecule has 1 aliphatic rings. The van der Waals surface area contributed by atoms with E-state index in [2.05, 4.69) is 26.7 Å². The van der Waals surface area contributed by atoms with Crippen LogP contribution in [0, 0.1) is 0 Å². The van der Waals surface area contributed by atoms with Crippen molar-refractivity contribution in [2.75, 3.05) is 31.1 Å². The Kier molecular flexibility index (Phi) is 4.12. The van der Waals surface area contributed by atoms with Gasteiger partial charge in [-0.3, -0.25) is 9.88 Å². The predicted octanol–water partition coefficient (Wildman–Crippen LogP) is 2.46. The fraction of sp³-hybridized carbons (Fsp3) is 0.412. The maximum atomic E-state index is 11.4. The lowest BCUT2D eigenvalue weighted by Crippen LogP contribution is -2.45. The van der Waals surface area contributed by atoms with E-state index in [9.17, 15) is 4.79 Å². The Labute approximate surface area is 143 Å². The van der Waals surface area contributed by atoms with Crippen molar-refractivity contribution >= 4 is 27.6 Å². The molecule has 0 saturated carbocycles. The van der Waals surface area contributed by atoms with E-state index in [0.29, 0.717) is 5.58 Å². The smallest absolute Gasteiger partial charge is 0.408 e. The number of anilines is 1. The maximum Gasteiger partial charge on any atom is 0.417 e. The Bertz CT molecular complexity index is 889. The van der Waals surface area contributed by atoms with Crippen molar-refractivity contribution in [3.63, 3.8) is 0 Å². The summed E-state index contributed by atoms with van der Waals surface area (Å²) in [6, 6.07) is 5.86. The summed E-state index contributed by atoms with van der Waals surface area (Å²) in [6.45, 7) is 6.87. The predicted molar refractivity (Wildman–Crippen MR) is 95.8 cm³/mol. The maximum absolute atomic E-state index is 11.4. The van der Waals surface area contributed by atoms with Gasteiger partial charge in [-0.05, 0) is 12.5 Å². The van der Waals surface area contributed by atoms with E-state index in [-0.39, 0.29) is 0 Å². The van der Waals surface area contributed by atoms with E-state index in [1.54, 1.807) is 11.3 Å². The Morgan fingerprint density at radius 1 is 1.29 bits per heavy atom. The number of aryl methyl sites for hydroxylation is 1. The van der Waals surface area contributed by atoms with Crippen LogP contribution in [-0.2, 0) is 13.0 Å². The van der Waals surface area contributed by atoms with E-state index in [1.165, 1.54) is 4.88 Å². The molecule has 1 N–H and O–H groups in total. The minimum absolute atomic E-state index is 0.391. The van der Waals surface area contributed by atoms with Crippen LogP contribution in [0.5, 0.6) is 0 Å². The summed E-state index contributed by atoms with van der Waals surface area (Å²) >= 11 is 1.79. The lowest BCUT2D eigenvalue weighted by atomic mass is 10.1. The van der Waals surface area contributed by atoms with Gasteiger partial charge < -0.3 is 9.32 Å². The van der Waals surface area contributed by atoms with Crippen LogP contribution < -0.4 is 10.7 Å². The summed E-state index contributed by atoms with van der Waals surface area (Å²) in [7, 11) is 0. The molecule has 0 atom stereocenters. The molecule has 3 heterocycles. The number of oxazole rings is 1. The van der Waals surface area contributed by atoms with Gasteiger partial charge in [-0.1, -0.05) is 19.1 Å². The summed E-state index contributed by atoms with van der Waals surface area (Å²) in [5, 5.41) is 1.13. The number of hydrogen-bond donors (Lipinski definition) is 1. The van der Waals surface area contributed by atoms with E-state index in [4.69, 9.17) is 4.42 Å². The Morgan fingerprint density at radius 3 is 2.88 bits per heavy atom. The van der Waals surface area contributed by atoms with Gasteiger partial charge in [-0.25, -0.2) is 9.78 Å². The molecule has 2 aromatic heterocycles. The highest BCUT2D eigenvalue weighted by Crippen LogP contribution is 2.24. The zero-order chi connectivity index (χ0) is 16.5. The summed E-state index contributed by atoms with van der Waals surface area (Å²) in [5.74, 6) is -0.391. The lowest BCUT2D eigenvalue weighted by molar-refractivity contribution is 0.249. The number of aromatic nitrogens is 2. The summed E-state index contributed by atoms with van der Waals surface area (Å²) in [5.41, 5.74) is 2.50. The van der Waals surface area contributed by atoms with Crippen LogP contribution in [0.2, 0.25) is 0 Å². The summed E-state index contributed by atoms with van der Waals surface area (Å²) < 4.78 is 5.29. The number of aromatic amines is 1. The fourth-order valence-corrected chi connectivity index (χ4v) is 4.00. The normalized spacial score (nSPS) is 16.1. The number of nitrogens with zero attached hydrogens (tertiary/aromatic N) is 3. The number of nitrogens with one attached hydrogen (secondary N) is 1. The van der Waals surface area contributed by atoms with E-state index < -0.39 is 5.76 Å². The molecule has 0 unspecified atom stereocenters. The van der Waals surface area contributed by atoms with Gasteiger partial charge in [0.25, 0.3) is 0 Å². The van der Waals surface area contributed by atoms with Crippen LogP contribution in [0.3, 0.4) is 0 Å². The van der Waals surface area contributed by atoms with Crippen LogP contribution in [0.15, 0.2) is 33.6 Å². The SMILES string of the molecule is CCc1cnc(N2CCN(Cc3cccc4[nH]c(=O)oc34)CC2)s1.